The largest absolute Gasteiger partial charge is 0.497 e. The van der Waals surface area contributed by atoms with Crippen molar-refractivity contribution in [2.45, 2.75) is 32.5 Å². The van der Waals surface area contributed by atoms with Crippen molar-refractivity contribution < 1.29 is 27.4 Å². The maximum atomic E-state index is 13.3. The van der Waals surface area contributed by atoms with Gasteiger partial charge in [-0.3, -0.25) is 0 Å². The molecule has 0 aliphatic rings. The zero-order chi connectivity index (χ0) is 21.8. The summed E-state index contributed by atoms with van der Waals surface area (Å²) in [4.78, 5) is 3.60. The van der Waals surface area contributed by atoms with E-state index in [1.54, 1.807) is 6.08 Å². The molecule has 0 aliphatic heterocycles. The summed E-state index contributed by atoms with van der Waals surface area (Å²) in [5.74, 6) is -0.754. The fourth-order valence-electron chi connectivity index (χ4n) is 2.62. The second-order valence-electron chi connectivity index (χ2n) is 6.51. The van der Waals surface area contributed by atoms with Crippen LogP contribution in [-0.4, -0.2) is 32.4 Å². The van der Waals surface area contributed by atoms with Crippen LogP contribution in [0.15, 0.2) is 71.2 Å². The van der Waals surface area contributed by atoms with Crippen molar-refractivity contribution in [3.05, 3.63) is 71.8 Å². The monoisotopic (exact) mass is 421 g/mol. The van der Waals surface area contributed by atoms with Crippen LogP contribution in [0.4, 0.5) is 18.9 Å². The normalized spacial score (nSPS) is 12.7. The fourth-order valence-corrected chi connectivity index (χ4v) is 2.62. The third-order valence-electron chi connectivity index (χ3n) is 4.11. The van der Waals surface area contributed by atoms with Gasteiger partial charge in [-0.15, -0.1) is 0 Å². The molecule has 0 bridgehead atoms. The minimum Gasteiger partial charge on any atom is -0.497 e. The predicted molar refractivity (Wildman–Crippen MR) is 111 cm³/mol. The number of benzene rings is 2. The molecule has 0 aliphatic carbocycles. The molecular weight excluding hydrogens is 395 g/mol. The van der Waals surface area contributed by atoms with Gasteiger partial charge in [-0.2, -0.15) is 13.2 Å². The standard InChI is InChI=1S/C23H26F3NO3/c1-3-7-18(16-29-17-19-8-5-4-6-9-19)14-15-30-22(23(24,25)26)27-20-10-12-21(28-2)13-11-20/h4-6,8-14H,3,7,15-17H2,1-2H3/b18-14+,27-22?. The second kappa shape index (κ2) is 12.0. The molecule has 0 N–H and O–H groups in total. The number of rotatable bonds is 10. The van der Waals surface area contributed by atoms with Gasteiger partial charge in [0, 0.05) is 0 Å². The predicted octanol–water partition coefficient (Wildman–Crippen LogP) is 6.25. The van der Waals surface area contributed by atoms with Crippen molar-refractivity contribution in [1.29, 1.82) is 0 Å². The summed E-state index contributed by atoms with van der Waals surface area (Å²) >= 11 is 0. The first-order valence-corrected chi connectivity index (χ1v) is 9.64. The van der Waals surface area contributed by atoms with Crippen molar-refractivity contribution in [2.24, 2.45) is 4.99 Å². The number of halogens is 3. The summed E-state index contributed by atoms with van der Waals surface area (Å²) in [5.41, 5.74) is 2.06. The number of hydrogen-bond acceptors (Lipinski definition) is 4. The quantitative estimate of drug-likeness (QED) is 0.259. The summed E-state index contributed by atoms with van der Waals surface area (Å²) in [7, 11) is 1.48. The van der Waals surface area contributed by atoms with Crippen LogP contribution in [0.1, 0.15) is 25.3 Å². The first-order chi connectivity index (χ1) is 14.4. The minimum atomic E-state index is -4.69. The molecule has 0 saturated carbocycles. The van der Waals surface area contributed by atoms with E-state index >= 15 is 0 Å². The Morgan fingerprint density at radius 2 is 1.73 bits per heavy atom. The second-order valence-corrected chi connectivity index (χ2v) is 6.51. The van der Waals surface area contributed by atoms with Gasteiger partial charge in [-0.25, -0.2) is 4.99 Å². The van der Waals surface area contributed by atoms with Crippen molar-refractivity contribution in [2.75, 3.05) is 20.3 Å². The molecule has 0 fully saturated rings. The zero-order valence-electron chi connectivity index (χ0n) is 17.1. The zero-order valence-corrected chi connectivity index (χ0v) is 17.1. The average Bonchev–Trinajstić information content (AvgIpc) is 2.73. The average molecular weight is 421 g/mol. The summed E-state index contributed by atoms with van der Waals surface area (Å²) in [6, 6.07) is 15.6. The van der Waals surface area contributed by atoms with Crippen LogP contribution < -0.4 is 4.74 Å². The molecule has 0 radical (unpaired) electrons. The van der Waals surface area contributed by atoms with E-state index in [1.807, 2.05) is 37.3 Å². The summed E-state index contributed by atoms with van der Waals surface area (Å²) in [6.07, 6.45) is -1.49. The van der Waals surface area contributed by atoms with Gasteiger partial charge in [0.05, 0.1) is 26.0 Å². The highest BCUT2D eigenvalue weighted by molar-refractivity contribution is 5.84. The Morgan fingerprint density at radius 1 is 1.03 bits per heavy atom. The third kappa shape index (κ3) is 8.29. The van der Waals surface area contributed by atoms with Gasteiger partial charge in [0.25, 0.3) is 5.90 Å². The molecule has 0 heterocycles. The Bertz CT molecular complexity index is 816. The van der Waals surface area contributed by atoms with Crippen LogP contribution in [-0.2, 0) is 16.1 Å². The Labute approximate surface area is 175 Å². The van der Waals surface area contributed by atoms with Gasteiger partial charge in [0.2, 0.25) is 0 Å². The summed E-state index contributed by atoms with van der Waals surface area (Å²) in [5, 5.41) is 0. The molecule has 7 heteroatoms. The molecule has 0 aromatic heterocycles. The smallest absolute Gasteiger partial charge is 0.468 e. The maximum Gasteiger partial charge on any atom is 0.468 e. The molecular formula is C23H26F3NO3. The molecule has 2 aromatic carbocycles. The molecule has 162 valence electrons. The highest BCUT2D eigenvalue weighted by Crippen LogP contribution is 2.24. The van der Waals surface area contributed by atoms with E-state index in [2.05, 4.69) is 4.99 Å². The fraction of sp³-hybridized carbons (Fsp3) is 0.348. The molecule has 0 atom stereocenters. The minimum absolute atomic E-state index is 0.132. The number of alkyl halides is 3. The lowest BCUT2D eigenvalue weighted by atomic mass is 10.1. The first-order valence-electron chi connectivity index (χ1n) is 9.64. The highest BCUT2D eigenvalue weighted by Gasteiger charge is 2.38. The Kier molecular flexibility index (Phi) is 9.41. The lowest BCUT2D eigenvalue weighted by Gasteiger charge is -2.12. The molecule has 0 amide bonds. The van der Waals surface area contributed by atoms with Gasteiger partial charge in [-0.1, -0.05) is 43.7 Å². The Morgan fingerprint density at radius 3 is 2.33 bits per heavy atom. The van der Waals surface area contributed by atoms with E-state index in [1.165, 1.54) is 31.4 Å². The van der Waals surface area contributed by atoms with E-state index in [0.717, 1.165) is 24.0 Å². The van der Waals surface area contributed by atoms with Crippen molar-refractivity contribution in [3.63, 3.8) is 0 Å². The molecule has 0 spiro atoms. The van der Waals surface area contributed by atoms with E-state index in [4.69, 9.17) is 14.2 Å². The topological polar surface area (TPSA) is 40.0 Å². The van der Waals surface area contributed by atoms with Crippen molar-refractivity contribution in [3.8, 4) is 5.75 Å². The van der Waals surface area contributed by atoms with Crippen LogP contribution in [0.5, 0.6) is 5.75 Å². The molecule has 0 unspecified atom stereocenters. The number of aliphatic imine (C=N–C) groups is 1. The van der Waals surface area contributed by atoms with E-state index in [0.29, 0.717) is 19.0 Å². The number of nitrogens with zero attached hydrogens (tertiary/aromatic N) is 1. The van der Waals surface area contributed by atoms with Gasteiger partial charge in [0.15, 0.2) is 0 Å². The van der Waals surface area contributed by atoms with E-state index in [9.17, 15) is 13.2 Å². The molecule has 2 rings (SSSR count). The lowest BCUT2D eigenvalue weighted by Crippen LogP contribution is -2.26. The van der Waals surface area contributed by atoms with E-state index < -0.39 is 12.1 Å². The number of ether oxygens (including phenoxy) is 3. The van der Waals surface area contributed by atoms with Crippen LogP contribution in [0.2, 0.25) is 0 Å². The Hall–Kier alpha value is -2.80. The lowest BCUT2D eigenvalue weighted by molar-refractivity contribution is -0.0770. The molecule has 0 saturated heterocycles. The highest BCUT2D eigenvalue weighted by atomic mass is 19.4. The molecule has 30 heavy (non-hydrogen) atoms. The molecule has 4 nitrogen and oxygen atoms in total. The van der Waals surface area contributed by atoms with Gasteiger partial charge in [-0.05, 0) is 47.9 Å². The summed E-state index contributed by atoms with van der Waals surface area (Å²) < 4.78 is 55.5. The van der Waals surface area contributed by atoms with Crippen LogP contribution in [0.3, 0.4) is 0 Å². The Balaban J connectivity index is 1.98. The summed E-state index contributed by atoms with van der Waals surface area (Å²) in [6.45, 7) is 2.54. The SMILES string of the molecule is CCC/C(=C\COC(=Nc1ccc(OC)cc1)C(F)(F)F)COCc1ccccc1. The van der Waals surface area contributed by atoms with Gasteiger partial charge < -0.3 is 14.2 Å². The molecule has 2 aromatic rings. The van der Waals surface area contributed by atoms with Crippen molar-refractivity contribution >= 4 is 11.6 Å². The van der Waals surface area contributed by atoms with Gasteiger partial charge >= 0.3 is 6.18 Å². The maximum absolute atomic E-state index is 13.3. The first kappa shape index (κ1) is 23.5. The van der Waals surface area contributed by atoms with Gasteiger partial charge in [0.1, 0.15) is 12.4 Å². The van der Waals surface area contributed by atoms with Crippen LogP contribution in [0, 0.1) is 0 Å². The number of hydrogen-bond donors (Lipinski definition) is 0. The van der Waals surface area contributed by atoms with E-state index in [-0.39, 0.29) is 12.3 Å². The van der Waals surface area contributed by atoms with Crippen LogP contribution >= 0.6 is 0 Å². The number of methoxy groups -OCH3 is 1. The van der Waals surface area contributed by atoms with Crippen LogP contribution in [0.25, 0.3) is 0 Å². The third-order valence-corrected chi connectivity index (χ3v) is 4.11. The van der Waals surface area contributed by atoms with Crippen molar-refractivity contribution in [1.82, 2.24) is 0 Å².